The van der Waals surface area contributed by atoms with E-state index >= 15 is 0 Å². The van der Waals surface area contributed by atoms with Gasteiger partial charge in [0.1, 0.15) is 10.0 Å². The maximum absolute atomic E-state index is 12.4. The monoisotopic (exact) mass is 323 g/mol. The summed E-state index contributed by atoms with van der Waals surface area (Å²) >= 11 is 6.91. The lowest BCUT2D eigenvalue weighted by Gasteiger charge is -2.04. The number of nitro groups is 1. The zero-order valence-electron chi connectivity index (χ0n) is 10.3. The predicted molar refractivity (Wildman–Crippen MR) is 76.7 cm³/mol. The summed E-state index contributed by atoms with van der Waals surface area (Å²) in [5.74, 6) is 0. The number of non-ortho nitro benzene ring substituents is 1. The van der Waals surface area contributed by atoms with Crippen LogP contribution in [0.1, 0.15) is 5.69 Å². The Hall–Kier alpha value is -2.39. The van der Waals surface area contributed by atoms with Crippen LogP contribution in [-0.2, 0) is 6.54 Å². The summed E-state index contributed by atoms with van der Waals surface area (Å²) in [6, 6.07) is 3.96. The Bertz CT molecular complexity index is 906. The number of fused-ring (bicyclic) bond motifs is 1. The van der Waals surface area contributed by atoms with Gasteiger partial charge in [-0.15, -0.1) is 5.10 Å². The number of halogens is 1. The molecule has 2 heterocycles. The molecule has 21 heavy (non-hydrogen) atoms. The van der Waals surface area contributed by atoms with Crippen molar-refractivity contribution < 1.29 is 4.92 Å². The Kier molecular flexibility index (Phi) is 3.35. The standard InChI is InChI=1S/C11H6ClN5O3S/c12-10-9(14-15-21-10)4-16-5-13-8-2-1-6(17(19)20)3-7(8)11(16)18/h1-3,5H,4H2. The molecule has 0 spiro atoms. The van der Waals surface area contributed by atoms with Crippen molar-refractivity contribution >= 4 is 39.7 Å². The third-order valence-electron chi connectivity index (χ3n) is 2.85. The molecule has 0 unspecified atom stereocenters. The molecule has 3 aromatic rings. The maximum Gasteiger partial charge on any atom is 0.270 e. The number of hydrogen-bond donors (Lipinski definition) is 0. The van der Waals surface area contributed by atoms with Crippen LogP contribution in [0.2, 0.25) is 4.34 Å². The summed E-state index contributed by atoms with van der Waals surface area (Å²) in [5, 5.41) is 14.8. The van der Waals surface area contributed by atoms with Crippen LogP contribution in [0.5, 0.6) is 0 Å². The van der Waals surface area contributed by atoms with Crippen LogP contribution in [0.15, 0.2) is 29.3 Å². The van der Waals surface area contributed by atoms with Gasteiger partial charge in [0, 0.05) is 23.7 Å². The van der Waals surface area contributed by atoms with Gasteiger partial charge in [0.15, 0.2) is 0 Å². The fourth-order valence-electron chi connectivity index (χ4n) is 1.83. The van der Waals surface area contributed by atoms with E-state index in [1.54, 1.807) is 0 Å². The molecule has 0 N–H and O–H groups in total. The van der Waals surface area contributed by atoms with Crippen molar-refractivity contribution in [2.45, 2.75) is 6.54 Å². The Morgan fingerprint density at radius 2 is 2.24 bits per heavy atom. The lowest BCUT2D eigenvalue weighted by Crippen LogP contribution is -2.21. The molecule has 0 bridgehead atoms. The lowest BCUT2D eigenvalue weighted by atomic mass is 10.2. The molecule has 0 aliphatic rings. The summed E-state index contributed by atoms with van der Waals surface area (Å²) in [6.07, 6.45) is 1.35. The summed E-state index contributed by atoms with van der Waals surface area (Å²) in [4.78, 5) is 26.7. The van der Waals surface area contributed by atoms with Crippen LogP contribution in [-0.4, -0.2) is 24.1 Å². The molecule has 0 aliphatic carbocycles. The molecule has 3 rings (SSSR count). The molecule has 0 aliphatic heterocycles. The van der Waals surface area contributed by atoms with E-state index in [1.807, 2.05) is 0 Å². The van der Waals surface area contributed by atoms with E-state index in [-0.39, 0.29) is 17.6 Å². The normalized spacial score (nSPS) is 10.9. The van der Waals surface area contributed by atoms with E-state index in [0.717, 1.165) is 11.5 Å². The van der Waals surface area contributed by atoms with Crippen molar-refractivity contribution in [1.82, 2.24) is 19.1 Å². The first-order valence-corrected chi connectivity index (χ1v) is 6.81. The zero-order chi connectivity index (χ0) is 15.0. The molecule has 0 radical (unpaired) electrons. The first-order valence-electron chi connectivity index (χ1n) is 5.66. The fraction of sp³-hybridized carbons (Fsp3) is 0.0909. The first-order chi connectivity index (χ1) is 10.1. The predicted octanol–water partition coefficient (Wildman–Crippen LogP) is 1.86. The third kappa shape index (κ3) is 2.48. The van der Waals surface area contributed by atoms with Gasteiger partial charge in [-0.2, -0.15) is 0 Å². The number of rotatable bonds is 3. The first kappa shape index (κ1) is 13.6. The molecule has 0 saturated carbocycles. The van der Waals surface area contributed by atoms with E-state index < -0.39 is 10.5 Å². The smallest absolute Gasteiger partial charge is 0.270 e. The van der Waals surface area contributed by atoms with Gasteiger partial charge >= 0.3 is 0 Å². The van der Waals surface area contributed by atoms with Crippen LogP contribution >= 0.6 is 23.1 Å². The molecular weight excluding hydrogens is 318 g/mol. The largest absolute Gasteiger partial charge is 0.292 e. The van der Waals surface area contributed by atoms with Crippen LogP contribution in [0.25, 0.3) is 10.9 Å². The lowest BCUT2D eigenvalue weighted by molar-refractivity contribution is -0.384. The summed E-state index contributed by atoms with van der Waals surface area (Å²) in [7, 11) is 0. The van der Waals surface area contributed by atoms with Gasteiger partial charge in [-0.1, -0.05) is 16.1 Å². The Balaban J connectivity index is 2.12. The average Bonchev–Trinajstić information content (AvgIpc) is 2.87. The van der Waals surface area contributed by atoms with E-state index in [0.29, 0.717) is 15.5 Å². The molecule has 0 amide bonds. The molecule has 2 aromatic heterocycles. The molecule has 10 heteroatoms. The summed E-state index contributed by atoms with van der Waals surface area (Å²) < 4.78 is 5.36. The maximum atomic E-state index is 12.4. The fourth-order valence-corrected chi connectivity index (χ4v) is 2.44. The minimum absolute atomic E-state index is 0.111. The Morgan fingerprint density at radius 3 is 2.90 bits per heavy atom. The van der Waals surface area contributed by atoms with Crippen LogP contribution in [0, 0.1) is 10.1 Å². The van der Waals surface area contributed by atoms with Gasteiger partial charge in [-0.05, 0) is 6.07 Å². The molecule has 0 fully saturated rings. The van der Waals surface area contributed by atoms with Crippen molar-refractivity contribution in [1.29, 1.82) is 0 Å². The average molecular weight is 324 g/mol. The molecular formula is C11H6ClN5O3S. The van der Waals surface area contributed by atoms with Crippen molar-refractivity contribution in [2.24, 2.45) is 0 Å². The van der Waals surface area contributed by atoms with Gasteiger partial charge in [0.25, 0.3) is 11.2 Å². The highest BCUT2D eigenvalue weighted by atomic mass is 35.5. The highest BCUT2D eigenvalue weighted by molar-refractivity contribution is 7.10. The van der Waals surface area contributed by atoms with Crippen molar-refractivity contribution in [2.75, 3.05) is 0 Å². The number of aromatic nitrogens is 4. The van der Waals surface area contributed by atoms with E-state index in [2.05, 4.69) is 14.6 Å². The van der Waals surface area contributed by atoms with Crippen molar-refractivity contribution in [3.05, 3.63) is 55.0 Å². The zero-order valence-corrected chi connectivity index (χ0v) is 11.8. The van der Waals surface area contributed by atoms with E-state index in [1.165, 1.54) is 29.1 Å². The third-order valence-corrected chi connectivity index (χ3v) is 3.83. The quantitative estimate of drug-likeness (QED) is 0.538. The minimum Gasteiger partial charge on any atom is -0.292 e. The summed E-state index contributed by atoms with van der Waals surface area (Å²) in [5.41, 5.74) is 0.292. The van der Waals surface area contributed by atoms with Crippen LogP contribution < -0.4 is 5.56 Å². The molecule has 8 nitrogen and oxygen atoms in total. The Morgan fingerprint density at radius 1 is 1.43 bits per heavy atom. The molecule has 0 saturated heterocycles. The van der Waals surface area contributed by atoms with Gasteiger partial charge in [0.2, 0.25) is 0 Å². The van der Waals surface area contributed by atoms with E-state index in [9.17, 15) is 14.9 Å². The SMILES string of the molecule is O=c1c2cc([N+](=O)[O-])ccc2ncn1Cc1nnsc1Cl. The van der Waals surface area contributed by atoms with Gasteiger partial charge in [-0.3, -0.25) is 19.5 Å². The minimum atomic E-state index is -0.558. The van der Waals surface area contributed by atoms with E-state index in [4.69, 9.17) is 11.6 Å². The van der Waals surface area contributed by atoms with Crippen LogP contribution in [0.3, 0.4) is 0 Å². The van der Waals surface area contributed by atoms with Gasteiger partial charge in [-0.25, -0.2) is 4.98 Å². The second-order valence-electron chi connectivity index (χ2n) is 4.13. The Labute approximate surface area is 125 Å². The number of nitrogens with zero attached hydrogens (tertiary/aromatic N) is 5. The van der Waals surface area contributed by atoms with Crippen molar-refractivity contribution in [3.63, 3.8) is 0 Å². The van der Waals surface area contributed by atoms with Crippen LogP contribution in [0.4, 0.5) is 5.69 Å². The second kappa shape index (κ2) is 5.19. The number of benzene rings is 1. The summed E-state index contributed by atoms with van der Waals surface area (Å²) in [6.45, 7) is 0.111. The molecule has 106 valence electrons. The van der Waals surface area contributed by atoms with Gasteiger partial charge < -0.3 is 0 Å². The highest BCUT2D eigenvalue weighted by Crippen LogP contribution is 2.19. The molecule has 0 atom stereocenters. The highest BCUT2D eigenvalue weighted by Gasteiger charge is 2.13. The van der Waals surface area contributed by atoms with Crippen molar-refractivity contribution in [3.8, 4) is 0 Å². The number of nitro benzene ring substituents is 1. The van der Waals surface area contributed by atoms with Gasteiger partial charge in [0.05, 0.1) is 28.7 Å². The number of hydrogen-bond acceptors (Lipinski definition) is 7. The molecule has 1 aromatic carbocycles. The second-order valence-corrected chi connectivity index (χ2v) is 5.49. The topological polar surface area (TPSA) is 104 Å².